The van der Waals surface area contributed by atoms with Crippen molar-refractivity contribution >= 4 is 44.1 Å². The van der Waals surface area contributed by atoms with E-state index in [1.54, 1.807) is 54.4 Å². The molecule has 0 saturated heterocycles. The van der Waals surface area contributed by atoms with Gasteiger partial charge in [-0.25, -0.2) is 12.8 Å². The summed E-state index contributed by atoms with van der Waals surface area (Å²) in [6.45, 7) is -0.377. The number of benzene rings is 3. The van der Waals surface area contributed by atoms with E-state index in [1.165, 1.54) is 35.0 Å². The van der Waals surface area contributed by atoms with Crippen LogP contribution < -0.4 is 9.62 Å². The summed E-state index contributed by atoms with van der Waals surface area (Å²) < 4.78 is 42.9. The number of carboxylic acid groups (broad SMARTS) is 1. The first kappa shape index (κ1) is 21.3. The zero-order valence-corrected chi connectivity index (χ0v) is 17.8. The molecule has 1 heterocycles. The maximum Gasteiger partial charge on any atom is 0.325 e. The third kappa shape index (κ3) is 4.26. The van der Waals surface area contributed by atoms with Crippen LogP contribution in [0.5, 0.6) is 0 Å². The van der Waals surface area contributed by atoms with E-state index in [-0.39, 0.29) is 11.4 Å². The summed E-state index contributed by atoms with van der Waals surface area (Å²) in [5.41, 5.74) is 1.52. The molecule has 0 unspecified atom stereocenters. The van der Waals surface area contributed by atoms with E-state index in [9.17, 15) is 17.6 Å². The quantitative estimate of drug-likeness (QED) is 0.440. The summed E-state index contributed by atoms with van der Waals surface area (Å²) in [5.74, 6) is -1.21. The monoisotopic (exact) mass is 454 g/mol. The molecule has 1 aromatic heterocycles. The van der Waals surface area contributed by atoms with E-state index in [4.69, 9.17) is 5.11 Å². The molecule has 0 saturated carbocycles. The van der Waals surface area contributed by atoms with Gasteiger partial charge in [-0.1, -0.05) is 18.2 Å². The fraction of sp³-hybridized carbons (Fsp3) is 0.0909. The van der Waals surface area contributed by atoms with Crippen LogP contribution in [0.3, 0.4) is 0 Å². The van der Waals surface area contributed by atoms with Crippen molar-refractivity contribution in [1.29, 1.82) is 0 Å². The van der Waals surface area contributed by atoms with Gasteiger partial charge in [0.05, 0.1) is 10.4 Å². The number of carbonyl (C=O) groups is 1. The lowest BCUT2D eigenvalue weighted by Gasteiger charge is -2.17. The van der Waals surface area contributed by atoms with Gasteiger partial charge < -0.3 is 10.0 Å². The fourth-order valence-corrected chi connectivity index (χ4v) is 4.38. The standard InChI is InChI=1S/C22H19FN4O4S/c1-26(22-19-13-15(23)7-12-20(19)27(24-22)14-21(28)29)17-8-10-18(11-9-17)32(30,31)25-16-5-3-2-4-6-16/h2-13,25H,14H2,1H3,(H,28,29). The van der Waals surface area contributed by atoms with Crippen molar-refractivity contribution in [3.05, 3.63) is 78.6 Å². The molecule has 2 N–H and O–H groups in total. The molecular weight excluding hydrogens is 435 g/mol. The average Bonchev–Trinajstić information content (AvgIpc) is 3.10. The van der Waals surface area contributed by atoms with Crippen LogP contribution in [0.4, 0.5) is 21.6 Å². The highest BCUT2D eigenvalue weighted by molar-refractivity contribution is 7.92. The van der Waals surface area contributed by atoms with Crippen LogP contribution in [0.2, 0.25) is 0 Å². The van der Waals surface area contributed by atoms with Gasteiger partial charge in [0.2, 0.25) is 0 Å². The third-order valence-electron chi connectivity index (χ3n) is 4.86. The SMILES string of the molecule is CN(c1ccc(S(=O)(=O)Nc2ccccc2)cc1)c1nn(CC(=O)O)c2ccc(F)cc12. The Labute approximate surface area is 183 Å². The number of rotatable bonds is 7. The highest BCUT2D eigenvalue weighted by Crippen LogP contribution is 2.31. The lowest BCUT2D eigenvalue weighted by atomic mass is 10.2. The number of nitrogens with one attached hydrogen (secondary N) is 1. The lowest BCUT2D eigenvalue weighted by Crippen LogP contribution is -2.15. The molecule has 3 aromatic carbocycles. The van der Waals surface area contributed by atoms with Crippen LogP contribution in [-0.4, -0.2) is 36.3 Å². The van der Waals surface area contributed by atoms with Gasteiger partial charge in [-0.3, -0.25) is 14.2 Å². The van der Waals surface area contributed by atoms with Gasteiger partial charge in [0.25, 0.3) is 10.0 Å². The van der Waals surface area contributed by atoms with Crippen LogP contribution in [-0.2, 0) is 21.4 Å². The van der Waals surface area contributed by atoms with Crippen LogP contribution >= 0.6 is 0 Å². The van der Waals surface area contributed by atoms with Gasteiger partial charge in [-0.2, -0.15) is 5.10 Å². The molecule has 0 spiro atoms. The first-order chi connectivity index (χ1) is 15.2. The van der Waals surface area contributed by atoms with Crippen molar-refractivity contribution in [1.82, 2.24) is 9.78 Å². The number of sulfonamides is 1. The predicted octanol–water partition coefficient (Wildman–Crippen LogP) is 3.83. The Morgan fingerprint density at radius 3 is 2.44 bits per heavy atom. The van der Waals surface area contributed by atoms with Crippen LogP contribution in [0, 0.1) is 5.82 Å². The Balaban J connectivity index is 1.66. The number of carboxylic acids is 1. The smallest absolute Gasteiger partial charge is 0.325 e. The second-order valence-electron chi connectivity index (χ2n) is 7.06. The average molecular weight is 454 g/mol. The molecule has 0 aliphatic carbocycles. The summed E-state index contributed by atoms with van der Waals surface area (Å²) in [7, 11) is -2.09. The zero-order chi connectivity index (χ0) is 22.9. The van der Waals surface area contributed by atoms with E-state index in [1.807, 2.05) is 0 Å². The minimum absolute atomic E-state index is 0.0748. The van der Waals surface area contributed by atoms with Crippen LogP contribution in [0.25, 0.3) is 10.9 Å². The van der Waals surface area contributed by atoms with Crippen molar-refractivity contribution in [3.63, 3.8) is 0 Å². The second-order valence-corrected chi connectivity index (χ2v) is 8.74. The first-order valence-corrected chi connectivity index (χ1v) is 11.0. The maximum absolute atomic E-state index is 13.9. The minimum atomic E-state index is -3.77. The van der Waals surface area contributed by atoms with E-state index in [0.29, 0.717) is 28.1 Å². The number of hydrogen-bond donors (Lipinski definition) is 2. The summed E-state index contributed by atoms with van der Waals surface area (Å²) in [6.07, 6.45) is 0. The van der Waals surface area contributed by atoms with E-state index < -0.39 is 21.8 Å². The van der Waals surface area contributed by atoms with E-state index >= 15 is 0 Å². The predicted molar refractivity (Wildman–Crippen MR) is 119 cm³/mol. The highest BCUT2D eigenvalue weighted by Gasteiger charge is 2.19. The number of halogens is 1. The molecule has 8 nitrogen and oxygen atoms in total. The fourth-order valence-electron chi connectivity index (χ4n) is 3.32. The molecule has 4 rings (SSSR count). The molecule has 0 aliphatic heterocycles. The van der Waals surface area contributed by atoms with Gasteiger partial charge in [0, 0.05) is 23.8 Å². The van der Waals surface area contributed by atoms with E-state index in [2.05, 4.69) is 9.82 Å². The van der Waals surface area contributed by atoms with Crippen LogP contribution in [0.15, 0.2) is 77.7 Å². The molecule has 0 radical (unpaired) electrons. The molecule has 32 heavy (non-hydrogen) atoms. The van der Waals surface area contributed by atoms with Gasteiger partial charge in [-0.15, -0.1) is 0 Å². The van der Waals surface area contributed by atoms with Gasteiger partial charge in [0.1, 0.15) is 12.4 Å². The Bertz CT molecular complexity index is 1390. The minimum Gasteiger partial charge on any atom is -0.480 e. The molecule has 0 aliphatic rings. The van der Waals surface area contributed by atoms with Crippen molar-refractivity contribution in [2.75, 3.05) is 16.7 Å². The molecule has 4 aromatic rings. The topological polar surface area (TPSA) is 105 Å². The Morgan fingerprint density at radius 1 is 1.09 bits per heavy atom. The lowest BCUT2D eigenvalue weighted by molar-refractivity contribution is -0.137. The maximum atomic E-state index is 13.9. The number of aliphatic carboxylic acids is 1. The third-order valence-corrected chi connectivity index (χ3v) is 6.25. The summed E-state index contributed by atoms with van der Waals surface area (Å²) >= 11 is 0. The van der Waals surface area contributed by atoms with Crippen LogP contribution in [0.1, 0.15) is 0 Å². The van der Waals surface area contributed by atoms with Gasteiger partial charge in [0.15, 0.2) is 5.82 Å². The molecular formula is C22H19FN4O4S. The van der Waals surface area contributed by atoms with E-state index in [0.717, 1.165) is 0 Å². The molecule has 0 amide bonds. The molecule has 0 bridgehead atoms. The molecule has 0 atom stereocenters. The van der Waals surface area contributed by atoms with Crippen molar-refractivity contribution < 1.29 is 22.7 Å². The largest absolute Gasteiger partial charge is 0.480 e. The Kier molecular flexibility index (Phi) is 5.54. The number of hydrogen-bond acceptors (Lipinski definition) is 5. The Morgan fingerprint density at radius 2 is 1.78 bits per heavy atom. The number of nitrogens with zero attached hydrogens (tertiary/aromatic N) is 3. The summed E-state index contributed by atoms with van der Waals surface area (Å²) in [6, 6.07) is 18.7. The number of aromatic nitrogens is 2. The first-order valence-electron chi connectivity index (χ1n) is 9.54. The molecule has 164 valence electrons. The zero-order valence-electron chi connectivity index (χ0n) is 16.9. The normalized spacial score (nSPS) is 11.4. The molecule has 10 heteroatoms. The van der Waals surface area contributed by atoms with Gasteiger partial charge in [-0.05, 0) is 54.6 Å². The molecule has 0 fully saturated rings. The number of para-hydroxylation sites is 1. The van der Waals surface area contributed by atoms with Crippen molar-refractivity contribution in [3.8, 4) is 0 Å². The van der Waals surface area contributed by atoms with Crippen molar-refractivity contribution in [2.45, 2.75) is 11.4 Å². The second kappa shape index (κ2) is 8.31. The van der Waals surface area contributed by atoms with Gasteiger partial charge >= 0.3 is 5.97 Å². The number of anilines is 3. The highest BCUT2D eigenvalue weighted by atomic mass is 32.2. The summed E-state index contributed by atoms with van der Waals surface area (Å²) in [5, 5.41) is 13.9. The number of fused-ring (bicyclic) bond motifs is 1. The summed E-state index contributed by atoms with van der Waals surface area (Å²) in [4.78, 5) is 12.9. The Hall–Kier alpha value is -3.92. The van der Waals surface area contributed by atoms with Crippen molar-refractivity contribution in [2.24, 2.45) is 0 Å².